The topological polar surface area (TPSA) is 49.4 Å². The van der Waals surface area contributed by atoms with E-state index in [1.165, 1.54) is 0 Å². The monoisotopic (exact) mass is 264 g/mol. The Hall–Kier alpha value is -1.32. The molecule has 2 rings (SSSR count). The summed E-state index contributed by atoms with van der Waals surface area (Å²) in [7, 11) is 0. The van der Waals surface area contributed by atoms with E-state index in [0.29, 0.717) is 19.5 Å². The van der Waals surface area contributed by atoms with Crippen LogP contribution in [0.25, 0.3) is 0 Å². The van der Waals surface area contributed by atoms with E-state index in [2.05, 4.69) is 17.5 Å². The van der Waals surface area contributed by atoms with Crippen LogP contribution in [0, 0.1) is 5.92 Å². The minimum Gasteiger partial charge on any atom is -0.354 e. The number of hydrogen-bond acceptors (Lipinski definition) is 2. The van der Waals surface area contributed by atoms with Crippen LogP contribution in [-0.2, 0) is 9.59 Å². The molecule has 4 nitrogen and oxygen atoms in total. The van der Waals surface area contributed by atoms with E-state index < -0.39 is 0 Å². The minimum absolute atomic E-state index is 0.129. The van der Waals surface area contributed by atoms with Crippen molar-refractivity contribution in [3.05, 3.63) is 12.2 Å². The number of rotatable bonds is 4. The van der Waals surface area contributed by atoms with E-state index in [4.69, 9.17) is 0 Å². The average molecular weight is 264 g/mol. The van der Waals surface area contributed by atoms with Crippen LogP contribution in [-0.4, -0.2) is 36.3 Å². The van der Waals surface area contributed by atoms with Gasteiger partial charge in [0.2, 0.25) is 11.8 Å². The minimum atomic E-state index is 0.129. The van der Waals surface area contributed by atoms with Gasteiger partial charge in [0.1, 0.15) is 0 Å². The lowest BCUT2D eigenvalue weighted by molar-refractivity contribution is -0.131. The Morgan fingerprint density at radius 1 is 1.32 bits per heavy atom. The molecule has 0 aromatic rings. The third-order valence-corrected chi connectivity index (χ3v) is 3.99. The van der Waals surface area contributed by atoms with Crippen LogP contribution in [0.4, 0.5) is 0 Å². The molecule has 0 saturated carbocycles. The number of likely N-dealkylation sites (tertiary alicyclic amines) is 1. The lowest BCUT2D eigenvalue weighted by Crippen LogP contribution is -2.40. The Balaban J connectivity index is 1.68. The van der Waals surface area contributed by atoms with Crippen molar-refractivity contribution in [3.8, 4) is 0 Å². The number of hydrogen-bond donors (Lipinski definition) is 1. The Morgan fingerprint density at radius 3 is 3.00 bits per heavy atom. The fourth-order valence-electron chi connectivity index (χ4n) is 2.77. The molecule has 1 aliphatic heterocycles. The van der Waals surface area contributed by atoms with Gasteiger partial charge in [0.25, 0.3) is 0 Å². The van der Waals surface area contributed by atoms with E-state index in [-0.39, 0.29) is 17.7 Å². The first kappa shape index (κ1) is 14.1. The van der Waals surface area contributed by atoms with Gasteiger partial charge in [-0.2, -0.15) is 0 Å². The van der Waals surface area contributed by atoms with Crippen molar-refractivity contribution in [1.29, 1.82) is 0 Å². The molecule has 1 fully saturated rings. The van der Waals surface area contributed by atoms with Crippen molar-refractivity contribution in [2.45, 2.75) is 44.9 Å². The molecule has 1 atom stereocenters. The van der Waals surface area contributed by atoms with Crippen molar-refractivity contribution in [2.75, 3.05) is 19.6 Å². The van der Waals surface area contributed by atoms with Crippen molar-refractivity contribution < 1.29 is 9.59 Å². The lowest BCUT2D eigenvalue weighted by Gasteiger charge is -2.22. The summed E-state index contributed by atoms with van der Waals surface area (Å²) in [5, 5.41) is 2.97. The van der Waals surface area contributed by atoms with E-state index in [1.807, 2.05) is 4.90 Å². The zero-order valence-corrected chi connectivity index (χ0v) is 11.6. The van der Waals surface area contributed by atoms with Gasteiger partial charge >= 0.3 is 0 Å². The van der Waals surface area contributed by atoms with Gasteiger partial charge < -0.3 is 10.2 Å². The standard InChI is InChI=1S/C15H24N2O2/c18-14-9-5-2-6-11-17(14)12-10-16-15(19)13-7-3-1-4-8-13/h1,3,13H,2,4-12H2,(H,16,19). The van der Waals surface area contributed by atoms with Gasteiger partial charge in [-0.1, -0.05) is 18.6 Å². The summed E-state index contributed by atoms with van der Waals surface area (Å²) < 4.78 is 0. The van der Waals surface area contributed by atoms with E-state index in [9.17, 15) is 9.59 Å². The van der Waals surface area contributed by atoms with Crippen LogP contribution in [0.3, 0.4) is 0 Å². The highest BCUT2D eigenvalue weighted by Crippen LogP contribution is 2.17. The molecule has 1 heterocycles. The van der Waals surface area contributed by atoms with E-state index in [1.54, 1.807) is 0 Å². The summed E-state index contributed by atoms with van der Waals surface area (Å²) in [5.41, 5.74) is 0. The van der Waals surface area contributed by atoms with Gasteiger partial charge in [0, 0.05) is 32.0 Å². The molecule has 0 spiro atoms. The maximum atomic E-state index is 11.9. The molecule has 106 valence electrons. The summed E-state index contributed by atoms with van der Waals surface area (Å²) in [6.45, 7) is 2.10. The number of nitrogens with zero attached hydrogens (tertiary/aromatic N) is 1. The molecular formula is C15H24N2O2. The summed E-state index contributed by atoms with van der Waals surface area (Å²) in [4.78, 5) is 25.6. The molecular weight excluding hydrogens is 240 g/mol. The zero-order valence-electron chi connectivity index (χ0n) is 11.6. The Morgan fingerprint density at radius 2 is 2.21 bits per heavy atom. The van der Waals surface area contributed by atoms with Gasteiger partial charge in [-0.15, -0.1) is 0 Å². The van der Waals surface area contributed by atoms with Crippen molar-refractivity contribution in [3.63, 3.8) is 0 Å². The largest absolute Gasteiger partial charge is 0.354 e. The van der Waals surface area contributed by atoms with Gasteiger partial charge in [-0.25, -0.2) is 0 Å². The first-order valence-electron chi connectivity index (χ1n) is 7.48. The molecule has 0 bridgehead atoms. The molecule has 0 aromatic carbocycles. The van der Waals surface area contributed by atoms with Gasteiger partial charge in [-0.3, -0.25) is 9.59 Å². The second-order valence-corrected chi connectivity index (χ2v) is 5.46. The van der Waals surface area contributed by atoms with Crippen LogP contribution in [0.5, 0.6) is 0 Å². The molecule has 0 aromatic heterocycles. The van der Waals surface area contributed by atoms with E-state index >= 15 is 0 Å². The van der Waals surface area contributed by atoms with Gasteiger partial charge in [0.05, 0.1) is 0 Å². The molecule has 1 aliphatic carbocycles. The third-order valence-electron chi connectivity index (χ3n) is 3.99. The van der Waals surface area contributed by atoms with Crippen molar-refractivity contribution >= 4 is 11.8 Å². The summed E-state index contributed by atoms with van der Waals surface area (Å²) in [6, 6.07) is 0. The fraction of sp³-hybridized carbons (Fsp3) is 0.733. The Kier molecular flexibility index (Phi) is 5.43. The van der Waals surface area contributed by atoms with Crippen LogP contribution in [0.2, 0.25) is 0 Å². The molecule has 2 aliphatic rings. The predicted molar refractivity (Wildman–Crippen MR) is 74.5 cm³/mol. The second-order valence-electron chi connectivity index (χ2n) is 5.46. The summed E-state index contributed by atoms with van der Waals surface area (Å²) >= 11 is 0. The number of allylic oxidation sites excluding steroid dienone is 2. The zero-order chi connectivity index (χ0) is 13.5. The summed E-state index contributed by atoms with van der Waals surface area (Å²) in [5.74, 6) is 0.517. The maximum absolute atomic E-state index is 11.9. The fourth-order valence-corrected chi connectivity index (χ4v) is 2.77. The first-order valence-corrected chi connectivity index (χ1v) is 7.48. The number of carbonyl (C=O) groups excluding carboxylic acids is 2. The highest BCUT2D eigenvalue weighted by molar-refractivity contribution is 5.79. The number of nitrogens with one attached hydrogen (secondary N) is 1. The van der Waals surface area contributed by atoms with Crippen LogP contribution in [0.15, 0.2) is 12.2 Å². The molecule has 1 unspecified atom stereocenters. The van der Waals surface area contributed by atoms with Crippen LogP contribution < -0.4 is 5.32 Å². The van der Waals surface area contributed by atoms with Gasteiger partial charge in [-0.05, 0) is 32.1 Å². The van der Waals surface area contributed by atoms with Crippen LogP contribution in [0.1, 0.15) is 44.9 Å². The number of amides is 2. The molecule has 1 saturated heterocycles. The first-order chi connectivity index (χ1) is 9.27. The third kappa shape index (κ3) is 4.37. The highest BCUT2D eigenvalue weighted by atomic mass is 16.2. The Bertz CT molecular complexity index is 352. The second kappa shape index (κ2) is 7.31. The lowest BCUT2D eigenvalue weighted by atomic mass is 9.94. The van der Waals surface area contributed by atoms with Crippen molar-refractivity contribution in [2.24, 2.45) is 5.92 Å². The van der Waals surface area contributed by atoms with Gasteiger partial charge in [0.15, 0.2) is 0 Å². The average Bonchev–Trinajstić information content (AvgIpc) is 2.65. The maximum Gasteiger partial charge on any atom is 0.223 e. The smallest absolute Gasteiger partial charge is 0.223 e. The number of carbonyl (C=O) groups is 2. The molecule has 0 radical (unpaired) electrons. The quantitative estimate of drug-likeness (QED) is 0.788. The van der Waals surface area contributed by atoms with Crippen LogP contribution >= 0.6 is 0 Å². The normalized spacial score (nSPS) is 24.1. The summed E-state index contributed by atoms with van der Waals surface area (Å²) in [6.07, 6.45) is 10.9. The molecule has 19 heavy (non-hydrogen) atoms. The predicted octanol–water partition coefficient (Wildman–Crippen LogP) is 1.86. The van der Waals surface area contributed by atoms with E-state index in [0.717, 1.165) is 45.1 Å². The molecule has 4 heteroatoms. The van der Waals surface area contributed by atoms with Crippen molar-refractivity contribution in [1.82, 2.24) is 10.2 Å². The molecule has 1 N–H and O–H groups in total. The highest BCUT2D eigenvalue weighted by Gasteiger charge is 2.19. The molecule has 2 amide bonds. The Labute approximate surface area is 115 Å². The SMILES string of the molecule is O=C(NCCN1CCCCCC1=O)C1CC=CCC1.